The van der Waals surface area contributed by atoms with Crippen molar-refractivity contribution in [1.29, 1.82) is 0 Å². The molecule has 0 saturated carbocycles. The van der Waals surface area contributed by atoms with E-state index in [1.54, 1.807) is 6.08 Å². The van der Waals surface area contributed by atoms with Crippen LogP contribution < -0.4 is 5.32 Å². The van der Waals surface area contributed by atoms with Gasteiger partial charge in [-0.3, -0.25) is 9.48 Å². The summed E-state index contributed by atoms with van der Waals surface area (Å²) in [5.41, 5.74) is 5.42. The van der Waals surface area contributed by atoms with Gasteiger partial charge in [-0.2, -0.15) is 5.10 Å². The summed E-state index contributed by atoms with van der Waals surface area (Å²) < 4.78 is 1.97. The van der Waals surface area contributed by atoms with E-state index in [0.717, 1.165) is 23.5 Å². The highest BCUT2D eigenvalue weighted by atomic mass is 16.1. The normalized spacial score (nSPS) is 10.9. The maximum Gasteiger partial charge on any atom is 0.244 e. The molecule has 2 aromatic rings. The van der Waals surface area contributed by atoms with E-state index < -0.39 is 0 Å². The van der Waals surface area contributed by atoms with E-state index in [9.17, 15) is 4.79 Å². The van der Waals surface area contributed by atoms with Crippen LogP contribution in [0.15, 0.2) is 43.0 Å². The first-order chi connectivity index (χ1) is 11.0. The smallest absolute Gasteiger partial charge is 0.244 e. The summed E-state index contributed by atoms with van der Waals surface area (Å²) in [7, 11) is 0. The van der Waals surface area contributed by atoms with Crippen molar-refractivity contribution in [3.63, 3.8) is 0 Å². The molecule has 1 aromatic carbocycles. The zero-order valence-corrected chi connectivity index (χ0v) is 14.0. The number of amides is 1. The summed E-state index contributed by atoms with van der Waals surface area (Å²) in [6.45, 7) is 10.8. The molecule has 0 spiro atoms. The zero-order valence-electron chi connectivity index (χ0n) is 14.0. The number of hydrogen-bond donors (Lipinski definition) is 1. The molecule has 1 aromatic heterocycles. The van der Waals surface area contributed by atoms with Crippen LogP contribution in [0.4, 0.5) is 0 Å². The lowest BCUT2D eigenvalue weighted by molar-refractivity contribution is -0.116. The van der Waals surface area contributed by atoms with Crippen LogP contribution in [0.1, 0.15) is 28.1 Å². The summed E-state index contributed by atoms with van der Waals surface area (Å²) in [5.74, 6) is -0.130. The van der Waals surface area contributed by atoms with Crippen LogP contribution in [0, 0.1) is 20.8 Å². The molecule has 0 radical (unpaired) electrons. The standard InChI is InChI=1S/C19H23N3O/c1-5-12-20-19(23)11-10-18-15(3)21-22(16(18)4)13-17-8-6-14(2)7-9-17/h5-11H,1,12-13H2,2-4H3,(H,20,23)/b11-10+. The molecule has 2 rings (SSSR count). The van der Waals surface area contributed by atoms with E-state index in [1.807, 2.05) is 24.6 Å². The Hall–Kier alpha value is -2.62. The van der Waals surface area contributed by atoms with Crippen molar-refractivity contribution in [2.75, 3.05) is 6.54 Å². The molecule has 0 aliphatic heterocycles. The number of rotatable bonds is 6. The van der Waals surface area contributed by atoms with Gasteiger partial charge in [0.15, 0.2) is 0 Å². The lowest BCUT2D eigenvalue weighted by Gasteiger charge is -2.05. The molecule has 1 heterocycles. The van der Waals surface area contributed by atoms with Gasteiger partial charge in [-0.1, -0.05) is 35.9 Å². The quantitative estimate of drug-likeness (QED) is 0.658. The third-order valence-electron chi connectivity index (χ3n) is 3.71. The van der Waals surface area contributed by atoms with Gasteiger partial charge in [-0.05, 0) is 32.4 Å². The minimum Gasteiger partial charge on any atom is -0.349 e. The monoisotopic (exact) mass is 309 g/mol. The predicted molar refractivity (Wildman–Crippen MR) is 94.2 cm³/mol. The van der Waals surface area contributed by atoms with Gasteiger partial charge in [0.05, 0.1) is 12.2 Å². The molecule has 1 amide bonds. The predicted octanol–water partition coefficient (Wildman–Crippen LogP) is 3.17. The van der Waals surface area contributed by atoms with Crippen LogP contribution in [0.5, 0.6) is 0 Å². The van der Waals surface area contributed by atoms with Gasteiger partial charge in [-0.25, -0.2) is 0 Å². The van der Waals surface area contributed by atoms with Crippen LogP contribution >= 0.6 is 0 Å². The third kappa shape index (κ3) is 4.42. The largest absolute Gasteiger partial charge is 0.349 e. The van der Waals surface area contributed by atoms with Crippen LogP contribution in [0.25, 0.3) is 6.08 Å². The maximum atomic E-state index is 11.7. The average molecular weight is 309 g/mol. The molecule has 0 fully saturated rings. The van der Waals surface area contributed by atoms with Crippen LogP contribution in [-0.4, -0.2) is 22.2 Å². The van der Waals surface area contributed by atoms with E-state index in [-0.39, 0.29) is 5.91 Å². The summed E-state index contributed by atoms with van der Waals surface area (Å²) in [4.78, 5) is 11.7. The maximum absolute atomic E-state index is 11.7. The van der Waals surface area contributed by atoms with Crippen LogP contribution in [-0.2, 0) is 11.3 Å². The van der Waals surface area contributed by atoms with Gasteiger partial charge in [0.2, 0.25) is 5.91 Å². The van der Waals surface area contributed by atoms with E-state index in [1.165, 1.54) is 17.2 Å². The van der Waals surface area contributed by atoms with E-state index in [0.29, 0.717) is 6.54 Å². The van der Waals surface area contributed by atoms with Crippen LogP contribution in [0.3, 0.4) is 0 Å². The van der Waals surface area contributed by atoms with E-state index in [4.69, 9.17) is 0 Å². The van der Waals surface area contributed by atoms with Gasteiger partial charge in [-0.15, -0.1) is 6.58 Å². The first-order valence-electron chi connectivity index (χ1n) is 7.67. The van der Waals surface area contributed by atoms with Crippen molar-refractivity contribution in [3.8, 4) is 0 Å². The second-order valence-electron chi connectivity index (χ2n) is 5.59. The lowest BCUT2D eigenvalue weighted by atomic mass is 10.1. The molecule has 0 bridgehead atoms. The minimum absolute atomic E-state index is 0.130. The van der Waals surface area contributed by atoms with E-state index in [2.05, 4.69) is 48.2 Å². The average Bonchev–Trinajstić information content (AvgIpc) is 2.79. The van der Waals surface area contributed by atoms with E-state index >= 15 is 0 Å². The number of nitrogens with one attached hydrogen (secondary N) is 1. The Bertz CT molecular complexity index is 724. The van der Waals surface area contributed by atoms with Gasteiger partial charge in [0.1, 0.15) is 0 Å². The summed E-state index contributed by atoms with van der Waals surface area (Å²) in [5, 5.41) is 7.31. The fraction of sp³-hybridized carbons (Fsp3) is 0.263. The number of hydrogen-bond acceptors (Lipinski definition) is 2. The number of carbonyl (C=O) groups excluding carboxylic acids is 1. The van der Waals surface area contributed by atoms with Gasteiger partial charge >= 0.3 is 0 Å². The molecule has 23 heavy (non-hydrogen) atoms. The van der Waals surface area contributed by atoms with Crippen molar-refractivity contribution < 1.29 is 4.79 Å². The zero-order chi connectivity index (χ0) is 16.8. The minimum atomic E-state index is -0.130. The summed E-state index contributed by atoms with van der Waals surface area (Å²) in [6, 6.07) is 8.44. The number of carbonyl (C=O) groups is 1. The first-order valence-corrected chi connectivity index (χ1v) is 7.67. The second-order valence-corrected chi connectivity index (χ2v) is 5.59. The van der Waals surface area contributed by atoms with Crippen molar-refractivity contribution in [2.45, 2.75) is 27.3 Å². The highest BCUT2D eigenvalue weighted by Gasteiger charge is 2.09. The van der Waals surface area contributed by atoms with Crippen molar-refractivity contribution in [1.82, 2.24) is 15.1 Å². The number of benzene rings is 1. The highest BCUT2D eigenvalue weighted by molar-refractivity contribution is 5.92. The Morgan fingerprint density at radius 2 is 1.96 bits per heavy atom. The Kier molecular flexibility index (Phi) is 5.52. The topological polar surface area (TPSA) is 46.9 Å². The Labute approximate surface area is 137 Å². The molecular formula is C19H23N3O. The molecule has 4 nitrogen and oxygen atoms in total. The highest BCUT2D eigenvalue weighted by Crippen LogP contribution is 2.16. The molecule has 4 heteroatoms. The summed E-state index contributed by atoms with van der Waals surface area (Å²) in [6.07, 6.45) is 5.01. The van der Waals surface area contributed by atoms with Crippen molar-refractivity contribution >= 4 is 12.0 Å². The van der Waals surface area contributed by atoms with Crippen LogP contribution in [0.2, 0.25) is 0 Å². The number of aromatic nitrogens is 2. The lowest BCUT2D eigenvalue weighted by Crippen LogP contribution is -2.20. The molecule has 0 aliphatic carbocycles. The molecule has 1 N–H and O–H groups in total. The third-order valence-corrected chi connectivity index (χ3v) is 3.71. The molecule has 0 unspecified atom stereocenters. The second kappa shape index (κ2) is 7.58. The molecule has 120 valence electrons. The number of nitrogens with zero attached hydrogens (tertiary/aromatic N) is 2. The van der Waals surface area contributed by atoms with Gasteiger partial charge < -0.3 is 5.32 Å². The first kappa shape index (κ1) is 16.7. The Morgan fingerprint density at radius 3 is 2.61 bits per heavy atom. The Morgan fingerprint density at radius 1 is 1.26 bits per heavy atom. The van der Waals surface area contributed by atoms with Gasteiger partial charge in [0.25, 0.3) is 0 Å². The Balaban J connectivity index is 2.15. The fourth-order valence-electron chi connectivity index (χ4n) is 2.36. The summed E-state index contributed by atoms with van der Waals surface area (Å²) >= 11 is 0. The van der Waals surface area contributed by atoms with Crippen molar-refractivity contribution in [2.24, 2.45) is 0 Å². The molecule has 0 saturated heterocycles. The SMILES string of the molecule is C=CCNC(=O)/C=C/c1c(C)nn(Cc2ccc(C)cc2)c1C. The number of aryl methyl sites for hydroxylation is 2. The molecular weight excluding hydrogens is 286 g/mol. The van der Waals surface area contributed by atoms with Gasteiger partial charge in [0, 0.05) is 23.9 Å². The molecule has 0 atom stereocenters. The fourth-order valence-corrected chi connectivity index (χ4v) is 2.36. The van der Waals surface area contributed by atoms with Crippen molar-refractivity contribution in [3.05, 3.63) is 71.1 Å². The molecule has 0 aliphatic rings.